The number of carbonyl (C=O) groups is 1. The van der Waals surface area contributed by atoms with Crippen LogP contribution in [0.3, 0.4) is 0 Å². The Hall–Kier alpha value is -1.43. The summed E-state index contributed by atoms with van der Waals surface area (Å²) in [6.45, 7) is 1.72. The van der Waals surface area contributed by atoms with Crippen LogP contribution in [-0.4, -0.2) is 33.5 Å². The number of hydrogen-bond donors (Lipinski definition) is 1. The van der Waals surface area contributed by atoms with Gasteiger partial charge < -0.3 is 5.32 Å². The highest BCUT2D eigenvalue weighted by molar-refractivity contribution is 7.90. The number of nitrogens with one attached hydrogen (secondary N) is 1. The van der Waals surface area contributed by atoms with E-state index in [9.17, 15) is 13.2 Å². The molecular weight excluding hydrogens is 334 g/mol. The minimum absolute atomic E-state index is 0. The van der Waals surface area contributed by atoms with Gasteiger partial charge in [-0.3, -0.25) is 4.79 Å². The molecular formula is C17H20ClNO3S. The lowest BCUT2D eigenvalue weighted by atomic mass is 9.90. The monoisotopic (exact) mass is 353 g/mol. The maximum Gasteiger partial charge on any atom is 0.175 e. The van der Waals surface area contributed by atoms with Crippen LogP contribution in [0, 0.1) is 5.92 Å². The molecule has 1 atom stereocenters. The number of fused-ring (bicyclic) bond motifs is 1. The summed E-state index contributed by atoms with van der Waals surface area (Å²) in [6.07, 6.45) is 3.15. The molecule has 6 heteroatoms. The molecule has 0 bridgehead atoms. The molecule has 0 amide bonds. The van der Waals surface area contributed by atoms with Crippen molar-refractivity contribution >= 4 is 38.8 Å². The first-order chi connectivity index (χ1) is 10.4. The molecule has 0 aliphatic carbocycles. The molecule has 1 heterocycles. The van der Waals surface area contributed by atoms with Gasteiger partial charge in [-0.15, -0.1) is 12.4 Å². The second-order valence-corrected chi connectivity index (χ2v) is 7.92. The van der Waals surface area contributed by atoms with Crippen molar-refractivity contribution in [1.82, 2.24) is 5.32 Å². The largest absolute Gasteiger partial charge is 0.316 e. The van der Waals surface area contributed by atoms with Gasteiger partial charge in [0.15, 0.2) is 15.6 Å². The fourth-order valence-electron chi connectivity index (χ4n) is 2.92. The summed E-state index contributed by atoms with van der Waals surface area (Å²) >= 11 is 0. The van der Waals surface area contributed by atoms with E-state index >= 15 is 0 Å². The molecule has 0 aromatic heterocycles. The molecule has 1 saturated heterocycles. The molecule has 124 valence electrons. The van der Waals surface area contributed by atoms with E-state index in [2.05, 4.69) is 5.32 Å². The molecule has 2 aromatic carbocycles. The average Bonchev–Trinajstić information content (AvgIpc) is 2.53. The van der Waals surface area contributed by atoms with Gasteiger partial charge in [0.1, 0.15) is 0 Å². The van der Waals surface area contributed by atoms with Gasteiger partial charge >= 0.3 is 0 Å². The van der Waals surface area contributed by atoms with Gasteiger partial charge in [0.2, 0.25) is 0 Å². The normalized spacial score (nSPS) is 18.4. The van der Waals surface area contributed by atoms with Crippen molar-refractivity contribution in [3.63, 3.8) is 0 Å². The van der Waals surface area contributed by atoms with Crippen molar-refractivity contribution < 1.29 is 13.2 Å². The van der Waals surface area contributed by atoms with Crippen LogP contribution >= 0.6 is 12.4 Å². The number of Topliss-reactive ketones (excluding diaryl/α,β-unsaturated/α-hetero) is 1. The number of sulfone groups is 1. The zero-order valence-corrected chi connectivity index (χ0v) is 14.5. The van der Waals surface area contributed by atoms with Gasteiger partial charge in [-0.05, 0) is 48.4 Å². The Labute approximate surface area is 142 Å². The van der Waals surface area contributed by atoms with E-state index in [4.69, 9.17) is 0 Å². The van der Waals surface area contributed by atoms with Gasteiger partial charge in [0.05, 0.1) is 4.90 Å². The zero-order chi connectivity index (χ0) is 15.7. The third kappa shape index (κ3) is 3.91. The average molecular weight is 354 g/mol. The van der Waals surface area contributed by atoms with Crippen LogP contribution in [0.15, 0.2) is 41.3 Å². The summed E-state index contributed by atoms with van der Waals surface area (Å²) in [5.74, 6) is 0.211. The molecule has 3 rings (SSSR count). The SMILES string of the molecule is CS(=O)(=O)c1ccc2cc(C(=O)C3CCCNC3)ccc2c1.Cl. The van der Waals surface area contributed by atoms with Gasteiger partial charge in [-0.2, -0.15) is 0 Å². The molecule has 2 aromatic rings. The maximum absolute atomic E-state index is 12.5. The van der Waals surface area contributed by atoms with E-state index in [-0.39, 0.29) is 24.1 Å². The van der Waals surface area contributed by atoms with Crippen molar-refractivity contribution in [3.8, 4) is 0 Å². The van der Waals surface area contributed by atoms with Crippen LogP contribution in [0.2, 0.25) is 0 Å². The van der Waals surface area contributed by atoms with Crippen LogP contribution in [0.25, 0.3) is 10.8 Å². The molecule has 1 fully saturated rings. The van der Waals surface area contributed by atoms with Crippen molar-refractivity contribution in [2.75, 3.05) is 19.3 Å². The first kappa shape index (κ1) is 17.9. The third-order valence-electron chi connectivity index (χ3n) is 4.19. The van der Waals surface area contributed by atoms with Crippen molar-refractivity contribution in [1.29, 1.82) is 0 Å². The van der Waals surface area contributed by atoms with Crippen molar-refractivity contribution in [2.24, 2.45) is 5.92 Å². The molecule has 0 spiro atoms. The number of piperidine rings is 1. The van der Waals surface area contributed by atoms with E-state index in [0.717, 1.165) is 36.7 Å². The van der Waals surface area contributed by atoms with Gasteiger partial charge in [0.25, 0.3) is 0 Å². The molecule has 23 heavy (non-hydrogen) atoms. The number of carbonyl (C=O) groups excluding carboxylic acids is 1. The molecule has 1 unspecified atom stereocenters. The van der Waals surface area contributed by atoms with Crippen LogP contribution in [-0.2, 0) is 9.84 Å². The van der Waals surface area contributed by atoms with E-state index < -0.39 is 9.84 Å². The number of rotatable bonds is 3. The molecule has 4 nitrogen and oxygen atoms in total. The maximum atomic E-state index is 12.5. The second-order valence-electron chi connectivity index (χ2n) is 5.90. The van der Waals surface area contributed by atoms with E-state index in [0.29, 0.717) is 10.5 Å². The number of hydrogen-bond acceptors (Lipinski definition) is 4. The van der Waals surface area contributed by atoms with E-state index in [1.807, 2.05) is 12.1 Å². The Morgan fingerprint density at radius 1 is 1.13 bits per heavy atom. The molecule has 0 saturated carbocycles. The smallest absolute Gasteiger partial charge is 0.175 e. The van der Waals surface area contributed by atoms with Crippen LogP contribution in [0.1, 0.15) is 23.2 Å². The van der Waals surface area contributed by atoms with Crippen LogP contribution in [0.5, 0.6) is 0 Å². The van der Waals surface area contributed by atoms with E-state index in [1.54, 1.807) is 24.3 Å². The number of halogens is 1. The topological polar surface area (TPSA) is 63.2 Å². The van der Waals surface area contributed by atoms with Gasteiger partial charge in [-0.1, -0.05) is 18.2 Å². The highest BCUT2D eigenvalue weighted by atomic mass is 35.5. The fourth-order valence-corrected chi connectivity index (χ4v) is 3.58. The Morgan fingerprint density at radius 3 is 2.48 bits per heavy atom. The second kappa shape index (κ2) is 6.99. The molecule has 1 aliphatic heterocycles. The fraction of sp³-hybridized carbons (Fsp3) is 0.353. The van der Waals surface area contributed by atoms with Gasteiger partial charge in [-0.25, -0.2) is 8.42 Å². The summed E-state index contributed by atoms with van der Waals surface area (Å²) in [4.78, 5) is 12.8. The quantitative estimate of drug-likeness (QED) is 0.862. The summed E-state index contributed by atoms with van der Waals surface area (Å²) < 4.78 is 23.2. The van der Waals surface area contributed by atoms with Crippen LogP contribution in [0.4, 0.5) is 0 Å². The zero-order valence-electron chi connectivity index (χ0n) is 12.9. The molecule has 1 aliphatic rings. The Bertz CT molecular complexity index is 827. The summed E-state index contributed by atoms with van der Waals surface area (Å²) in [5, 5.41) is 4.98. The van der Waals surface area contributed by atoms with Crippen molar-refractivity contribution in [2.45, 2.75) is 17.7 Å². The lowest BCUT2D eigenvalue weighted by Crippen LogP contribution is -2.34. The Balaban J connectivity index is 0.00000192. The third-order valence-corrected chi connectivity index (χ3v) is 5.30. The van der Waals surface area contributed by atoms with Gasteiger partial charge in [0, 0.05) is 24.3 Å². The standard InChI is InChI=1S/C17H19NO3S.ClH/c1-22(20,21)16-7-6-12-9-14(5-4-13(12)10-16)17(19)15-3-2-8-18-11-15;/h4-7,9-10,15,18H,2-3,8,11H2,1H3;1H. The minimum Gasteiger partial charge on any atom is -0.316 e. The van der Waals surface area contributed by atoms with E-state index in [1.165, 1.54) is 6.26 Å². The first-order valence-electron chi connectivity index (χ1n) is 7.44. The summed E-state index contributed by atoms with van der Waals surface area (Å²) in [5.41, 5.74) is 0.702. The molecule has 0 radical (unpaired) electrons. The predicted molar refractivity (Wildman–Crippen MR) is 94.2 cm³/mol. The summed E-state index contributed by atoms with van der Waals surface area (Å²) in [7, 11) is -3.21. The highest BCUT2D eigenvalue weighted by Crippen LogP contribution is 2.23. The molecule has 1 N–H and O–H groups in total. The Morgan fingerprint density at radius 2 is 1.83 bits per heavy atom. The highest BCUT2D eigenvalue weighted by Gasteiger charge is 2.22. The predicted octanol–water partition coefficient (Wildman–Crippen LogP) is 2.85. The number of benzene rings is 2. The lowest BCUT2D eigenvalue weighted by Gasteiger charge is -2.21. The number of ketones is 1. The van der Waals surface area contributed by atoms with Crippen molar-refractivity contribution in [3.05, 3.63) is 42.0 Å². The van der Waals surface area contributed by atoms with Crippen LogP contribution < -0.4 is 5.32 Å². The lowest BCUT2D eigenvalue weighted by molar-refractivity contribution is 0.0900. The Kier molecular flexibility index (Phi) is 5.45. The first-order valence-corrected chi connectivity index (χ1v) is 9.33. The summed E-state index contributed by atoms with van der Waals surface area (Å²) in [6, 6.07) is 10.5. The minimum atomic E-state index is -3.21.